The minimum absolute atomic E-state index is 0.477. The number of aromatic nitrogens is 6. The first-order chi connectivity index (χ1) is 9.75. The Hall–Kier alpha value is -1.41. The SMILES string of the molecule is Cn1cnnc1CSc1nnc([C@H]2CCCNC2)n1C. The lowest BCUT2D eigenvalue weighted by Crippen LogP contribution is -2.29. The molecule has 8 heteroatoms. The van der Waals surface area contributed by atoms with E-state index in [-0.39, 0.29) is 0 Å². The van der Waals surface area contributed by atoms with Crippen LogP contribution in [0.3, 0.4) is 0 Å². The van der Waals surface area contributed by atoms with Gasteiger partial charge in [-0.25, -0.2) is 0 Å². The molecule has 2 aromatic heterocycles. The first-order valence-electron chi connectivity index (χ1n) is 6.81. The Balaban J connectivity index is 1.68. The van der Waals surface area contributed by atoms with Crippen molar-refractivity contribution in [3.63, 3.8) is 0 Å². The van der Waals surface area contributed by atoms with E-state index in [9.17, 15) is 0 Å². The topological polar surface area (TPSA) is 73.4 Å². The molecule has 0 aromatic carbocycles. The van der Waals surface area contributed by atoms with Gasteiger partial charge in [0.25, 0.3) is 0 Å². The summed E-state index contributed by atoms with van der Waals surface area (Å²) in [5.74, 6) is 3.26. The summed E-state index contributed by atoms with van der Waals surface area (Å²) >= 11 is 1.65. The number of aryl methyl sites for hydroxylation is 1. The molecule has 108 valence electrons. The molecule has 1 aliphatic rings. The Kier molecular flexibility index (Phi) is 4.02. The van der Waals surface area contributed by atoms with Crippen molar-refractivity contribution in [3.8, 4) is 0 Å². The summed E-state index contributed by atoms with van der Waals surface area (Å²) in [5.41, 5.74) is 0. The number of nitrogens with zero attached hydrogens (tertiary/aromatic N) is 6. The Bertz CT molecular complexity index is 570. The van der Waals surface area contributed by atoms with Gasteiger partial charge in [0.1, 0.15) is 18.0 Å². The van der Waals surface area contributed by atoms with Crippen LogP contribution in [0.2, 0.25) is 0 Å². The van der Waals surface area contributed by atoms with Crippen LogP contribution in [0, 0.1) is 0 Å². The van der Waals surface area contributed by atoms with Crippen LogP contribution in [0.1, 0.15) is 30.4 Å². The van der Waals surface area contributed by atoms with Crippen molar-refractivity contribution in [2.45, 2.75) is 29.7 Å². The van der Waals surface area contributed by atoms with Crippen molar-refractivity contribution in [2.75, 3.05) is 13.1 Å². The molecular weight excluding hydrogens is 274 g/mol. The molecule has 20 heavy (non-hydrogen) atoms. The molecule has 0 saturated carbocycles. The summed E-state index contributed by atoms with van der Waals surface area (Å²) in [7, 11) is 3.99. The molecule has 7 nitrogen and oxygen atoms in total. The van der Waals surface area contributed by atoms with E-state index in [1.165, 1.54) is 12.8 Å². The first kappa shape index (κ1) is 13.6. The Morgan fingerprint density at radius 3 is 2.95 bits per heavy atom. The lowest BCUT2D eigenvalue weighted by Gasteiger charge is -2.21. The van der Waals surface area contributed by atoms with E-state index in [4.69, 9.17) is 0 Å². The maximum atomic E-state index is 4.37. The third-order valence-electron chi connectivity index (χ3n) is 3.67. The van der Waals surface area contributed by atoms with E-state index in [2.05, 4.69) is 30.3 Å². The molecule has 0 aliphatic carbocycles. The van der Waals surface area contributed by atoms with Gasteiger partial charge in [-0.05, 0) is 19.4 Å². The molecule has 1 N–H and O–H groups in total. The number of hydrogen-bond acceptors (Lipinski definition) is 6. The highest BCUT2D eigenvalue weighted by atomic mass is 32.2. The second-order valence-corrected chi connectivity index (χ2v) is 6.03. The average molecular weight is 293 g/mol. The fraction of sp³-hybridized carbons (Fsp3) is 0.667. The second-order valence-electron chi connectivity index (χ2n) is 5.09. The van der Waals surface area contributed by atoms with Gasteiger partial charge in [-0.2, -0.15) is 0 Å². The fourth-order valence-electron chi connectivity index (χ4n) is 2.45. The van der Waals surface area contributed by atoms with Gasteiger partial charge >= 0.3 is 0 Å². The van der Waals surface area contributed by atoms with Gasteiger partial charge in [0, 0.05) is 26.6 Å². The number of piperidine rings is 1. The van der Waals surface area contributed by atoms with Gasteiger partial charge in [-0.15, -0.1) is 20.4 Å². The van der Waals surface area contributed by atoms with Gasteiger partial charge in [-0.1, -0.05) is 11.8 Å². The van der Waals surface area contributed by atoms with E-state index in [0.717, 1.165) is 35.6 Å². The summed E-state index contributed by atoms with van der Waals surface area (Å²) in [6, 6.07) is 0. The molecule has 1 aliphatic heterocycles. The molecule has 2 aromatic rings. The van der Waals surface area contributed by atoms with Crippen LogP contribution in [-0.4, -0.2) is 42.6 Å². The molecular formula is C12H19N7S. The summed E-state index contributed by atoms with van der Waals surface area (Å²) in [6.07, 6.45) is 4.11. The van der Waals surface area contributed by atoms with Crippen molar-refractivity contribution < 1.29 is 0 Å². The number of thioether (sulfide) groups is 1. The normalized spacial score (nSPS) is 19.4. The second kappa shape index (κ2) is 5.92. The lowest BCUT2D eigenvalue weighted by atomic mass is 9.99. The predicted molar refractivity (Wildman–Crippen MR) is 76.4 cm³/mol. The van der Waals surface area contributed by atoms with Gasteiger partial charge < -0.3 is 14.5 Å². The molecule has 1 fully saturated rings. The lowest BCUT2D eigenvalue weighted by molar-refractivity contribution is 0.436. The molecule has 0 bridgehead atoms. The van der Waals surface area contributed by atoms with Gasteiger partial charge in [-0.3, -0.25) is 0 Å². The molecule has 1 atom stereocenters. The third-order valence-corrected chi connectivity index (χ3v) is 4.68. The highest BCUT2D eigenvalue weighted by molar-refractivity contribution is 7.98. The molecule has 3 heterocycles. The molecule has 0 amide bonds. The quantitative estimate of drug-likeness (QED) is 0.837. The predicted octanol–water partition coefficient (Wildman–Crippen LogP) is 0.703. The molecule has 0 spiro atoms. The first-order valence-corrected chi connectivity index (χ1v) is 7.80. The van der Waals surface area contributed by atoms with Crippen molar-refractivity contribution in [2.24, 2.45) is 14.1 Å². The molecule has 0 radical (unpaired) electrons. The third kappa shape index (κ3) is 2.71. The highest BCUT2D eigenvalue weighted by Gasteiger charge is 2.21. The van der Waals surface area contributed by atoms with E-state index in [1.807, 2.05) is 18.7 Å². The van der Waals surface area contributed by atoms with Crippen molar-refractivity contribution >= 4 is 11.8 Å². The molecule has 1 saturated heterocycles. The minimum atomic E-state index is 0.477. The zero-order valence-electron chi connectivity index (χ0n) is 11.8. The average Bonchev–Trinajstić information content (AvgIpc) is 3.04. The minimum Gasteiger partial charge on any atom is -0.320 e. The van der Waals surface area contributed by atoms with E-state index in [0.29, 0.717) is 5.92 Å². The number of hydrogen-bond donors (Lipinski definition) is 1. The van der Waals surface area contributed by atoms with Crippen LogP contribution >= 0.6 is 11.8 Å². The zero-order chi connectivity index (χ0) is 13.9. The standard InChI is InChI=1S/C12H19N7S/c1-18-8-14-15-10(18)7-20-12-17-16-11(19(12)2)9-4-3-5-13-6-9/h8-9,13H,3-7H2,1-2H3/t9-/m0/s1. The van der Waals surface area contributed by atoms with Crippen molar-refractivity contribution in [3.05, 3.63) is 18.0 Å². The van der Waals surface area contributed by atoms with E-state index >= 15 is 0 Å². The van der Waals surface area contributed by atoms with Crippen molar-refractivity contribution in [1.29, 1.82) is 0 Å². The van der Waals surface area contributed by atoms with Gasteiger partial charge in [0.15, 0.2) is 5.16 Å². The van der Waals surface area contributed by atoms with Gasteiger partial charge in [0.2, 0.25) is 0 Å². The van der Waals surface area contributed by atoms with Crippen LogP contribution in [0.15, 0.2) is 11.5 Å². The van der Waals surface area contributed by atoms with Crippen LogP contribution in [0.25, 0.3) is 0 Å². The molecule has 0 unspecified atom stereocenters. The Morgan fingerprint density at radius 1 is 1.35 bits per heavy atom. The van der Waals surface area contributed by atoms with Crippen LogP contribution in [0.5, 0.6) is 0 Å². The monoisotopic (exact) mass is 293 g/mol. The summed E-state index contributed by atoms with van der Waals surface area (Å²) in [5, 5.41) is 21.0. The van der Waals surface area contributed by atoms with E-state index < -0.39 is 0 Å². The van der Waals surface area contributed by atoms with Crippen LogP contribution in [0.4, 0.5) is 0 Å². The van der Waals surface area contributed by atoms with Crippen LogP contribution in [-0.2, 0) is 19.8 Å². The van der Waals surface area contributed by atoms with Crippen molar-refractivity contribution in [1.82, 2.24) is 34.8 Å². The summed E-state index contributed by atoms with van der Waals surface area (Å²) in [6.45, 7) is 2.11. The number of rotatable bonds is 4. The number of nitrogens with one attached hydrogen (secondary N) is 1. The summed E-state index contributed by atoms with van der Waals surface area (Å²) < 4.78 is 4.04. The maximum absolute atomic E-state index is 4.37. The smallest absolute Gasteiger partial charge is 0.191 e. The maximum Gasteiger partial charge on any atom is 0.191 e. The Labute approximate surface area is 122 Å². The largest absolute Gasteiger partial charge is 0.320 e. The zero-order valence-corrected chi connectivity index (χ0v) is 12.6. The van der Waals surface area contributed by atoms with E-state index in [1.54, 1.807) is 18.1 Å². The fourth-order valence-corrected chi connectivity index (χ4v) is 3.35. The Morgan fingerprint density at radius 2 is 2.25 bits per heavy atom. The van der Waals surface area contributed by atoms with Crippen LogP contribution < -0.4 is 5.32 Å². The summed E-state index contributed by atoms with van der Waals surface area (Å²) in [4.78, 5) is 0. The highest BCUT2D eigenvalue weighted by Crippen LogP contribution is 2.26. The van der Waals surface area contributed by atoms with Gasteiger partial charge in [0.05, 0.1) is 5.75 Å². The molecule has 3 rings (SSSR count).